The molecule has 0 rings (SSSR count). The molecule has 0 atom stereocenters. The molecule has 166 valence electrons. The molecule has 0 spiro atoms. The maximum Gasteiger partial charge on any atom is 0.673 e. The molecule has 0 unspecified atom stereocenters. The van der Waals surface area contributed by atoms with E-state index in [2.05, 4.69) is 20.8 Å². The molecule has 0 bridgehead atoms. The Morgan fingerprint density at radius 3 is 0.889 bits per heavy atom. The molecule has 0 amide bonds. The predicted octanol–water partition coefficient (Wildman–Crippen LogP) is 8.82. The highest BCUT2D eigenvalue weighted by molar-refractivity contribution is 7.96. The highest BCUT2D eigenvalue weighted by Gasteiger charge is 2.20. The van der Waals surface area contributed by atoms with Gasteiger partial charge in [0, 0.05) is 0 Å². The standard InChI is InChI=1S/C21H45S.BF4/c1-4-7-10-13-16-19-22(20-17-14-11-8-5-2)21-18-15-12-9-6-3;2-1(3,4)5/h4-21H2,1-3H3;/q+1;-1. The number of hydrogen-bond donors (Lipinski definition) is 0. The van der Waals surface area contributed by atoms with Gasteiger partial charge in [0.15, 0.2) is 0 Å². The van der Waals surface area contributed by atoms with Gasteiger partial charge in [-0.25, -0.2) is 0 Å². The van der Waals surface area contributed by atoms with E-state index in [0.29, 0.717) is 0 Å². The van der Waals surface area contributed by atoms with Gasteiger partial charge in [0.25, 0.3) is 0 Å². The first-order valence-corrected chi connectivity index (χ1v) is 13.1. The Hall–Kier alpha value is 0.135. The summed E-state index contributed by atoms with van der Waals surface area (Å²) in [7, 11) is -5.24. The van der Waals surface area contributed by atoms with Crippen molar-refractivity contribution in [3.05, 3.63) is 0 Å². The summed E-state index contributed by atoms with van der Waals surface area (Å²) in [5.41, 5.74) is 0. The van der Waals surface area contributed by atoms with Gasteiger partial charge in [0.2, 0.25) is 0 Å². The Morgan fingerprint density at radius 1 is 0.444 bits per heavy atom. The fraction of sp³-hybridized carbons (Fsp3) is 1.00. The van der Waals surface area contributed by atoms with Gasteiger partial charge in [-0.3, -0.25) is 0 Å². The minimum Gasteiger partial charge on any atom is -0.418 e. The van der Waals surface area contributed by atoms with Gasteiger partial charge < -0.3 is 17.3 Å². The third-order valence-corrected chi connectivity index (χ3v) is 7.21. The molecule has 0 nitrogen and oxygen atoms in total. The summed E-state index contributed by atoms with van der Waals surface area (Å²) in [5, 5.41) is 0. The van der Waals surface area contributed by atoms with E-state index in [9.17, 15) is 17.3 Å². The molecule has 0 N–H and O–H groups in total. The number of rotatable bonds is 18. The van der Waals surface area contributed by atoms with Crippen molar-refractivity contribution in [3.8, 4) is 0 Å². The smallest absolute Gasteiger partial charge is 0.418 e. The molecular formula is C21H45BF4S. The van der Waals surface area contributed by atoms with E-state index >= 15 is 0 Å². The molecule has 0 heterocycles. The second kappa shape index (κ2) is 22.4. The summed E-state index contributed by atoms with van der Waals surface area (Å²) in [5.74, 6) is 4.64. The summed E-state index contributed by atoms with van der Waals surface area (Å²) in [6.07, 6.45) is 21.9. The van der Waals surface area contributed by atoms with Crippen molar-refractivity contribution < 1.29 is 17.3 Å². The molecule has 0 radical (unpaired) electrons. The molecule has 0 saturated carbocycles. The lowest BCUT2D eigenvalue weighted by Crippen LogP contribution is -2.17. The van der Waals surface area contributed by atoms with Crippen molar-refractivity contribution in [2.24, 2.45) is 0 Å². The summed E-state index contributed by atoms with van der Waals surface area (Å²) in [6, 6.07) is 0. The van der Waals surface area contributed by atoms with Crippen LogP contribution >= 0.6 is 0 Å². The molecule has 0 saturated heterocycles. The maximum atomic E-state index is 9.75. The van der Waals surface area contributed by atoms with Crippen LogP contribution in [0.2, 0.25) is 0 Å². The molecule has 0 aliphatic heterocycles. The van der Waals surface area contributed by atoms with E-state index in [0.717, 1.165) is 10.9 Å². The lowest BCUT2D eigenvalue weighted by molar-refractivity contribution is 0.368. The van der Waals surface area contributed by atoms with Gasteiger partial charge >= 0.3 is 7.25 Å². The van der Waals surface area contributed by atoms with Crippen LogP contribution in [0.5, 0.6) is 0 Å². The SMILES string of the molecule is CCCCCCC[S+](CCCCCCC)CCCCCCC.F[B-](F)(F)F. The molecule has 27 heavy (non-hydrogen) atoms. The second-order valence-corrected chi connectivity index (χ2v) is 9.91. The van der Waals surface area contributed by atoms with Crippen LogP contribution in [0.25, 0.3) is 0 Å². The quantitative estimate of drug-likeness (QED) is 0.0906. The second-order valence-electron chi connectivity index (χ2n) is 7.46. The predicted molar refractivity (Wildman–Crippen MR) is 118 cm³/mol. The zero-order valence-electron chi connectivity index (χ0n) is 18.2. The Morgan fingerprint density at radius 2 is 0.667 bits per heavy atom. The number of unbranched alkanes of at least 4 members (excludes halogenated alkanes) is 12. The van der Waals surface area contributed by atoms with Gasteiger partial charge in [-0.2, -0.15) is 0 Å². The van der Waals surface area contributed by atoms with Crippen molar-refractivity contribution in [2.45, 2.75) is 117 Å². The Kier molecular flexibility index (Phi) is 24.4. The van der Waals surface area contributed by atoms with Crippen LogP contribution in [0.4, 0.5) is 17.3 Å². The van der Waals surface area contributed by atoms with E-state index in [1.807, 2.05) is 0 Å². The van der Waals surface area contributed by atoms with Crippen molar-refractivity contribution in [2.75, 3.05) is 17.3 Å². The zero-order chi connectivity index (χ0) is 20.8. The van der Waals surface area contributed by atoms with E-state index in [4.69, 9.17) is 0 Å². The van der Waals surface area contributed by atoms with Gasteiger partial charge in [0.1, 0.15) is 17.3 Å². The van der Waals surface area contributed by atoms with Gasteiger partial charge in [-0.05, 0) is 49.4 Å². The Bertz CT molecular complexity index is 236. The van der Waals surface area contributed by atoms with Crippen LogP contribution in [-0.2, 0) is 10.9 Å². The summed E-state index contributed by atoms with van der Waals surface area (Å²) in [4.78, 5) is 0. The Labute approximate surface area is 170 Å². The van der Waals surface area contributed by atoms with E-state index in [-0.39, 0.29) is 0 Å². The average molecular weight is 416 g/mol. The Balaban J connectivity index is 0. The minimum absolute atomic E-state index is 0.759. The first-order valence-electron chi connectivity index (χ1n) is 11.4. The van der Waals surface area contributed by atoms with Gasteiger partial charge in [0.05, 0.1) is 0 Å². The minimum atomic E-state index is -6.00. The molecule has 0 aromatic carbocycles. The fourth-order valence-electron chi connectivity index (χ4n) is 3.04. The lowest BCUT2D eigenvalue weighted by atomic mass is 10.2. The molecule has 0 aromatic heterocycles. The maximum absolute atomic E-state index is 9.75. The molecule has 0 aromatic rings. The zero-order valence-corrected chi connectivity index (χ0v) is 19.0. The van der Waals surface area contributed by atoms with Crippen molar-refractivity contribution in [1.29, 1.82) is 0 Å². The summed E-state index contributed by atoms with van der Waals surface area (Å²) >= 11 is 0. The highest BCUT2D eigenvalue weighted by atomic mass is 32.2. The topological polar surface area (TPSA) is 0 Å². The summed E-state index contributed by atoms with van der Waals surface area (Å²) in [6.45, 7) is 6.95. The first-order chi connectivity index (χ1) is 12.8. The molecule has 0 aliphatic rings. The van der Waals surface area contributed by atoms with Crippen LogP contribution in [0.15, 0.2) is 0 Å². The first kappa shape index (κ1) is 29.3. The monoisotopic (exact) mass is 416 g/mol. The van der Waals surface area contributed by atoms with Crippen LogP contribution in [-0.4, -0.2) is 24.5 Å². The van der Waals surface area contributed by atoms with E-state index in [1.54, 1.807) is 17.3 Å². The fourth-order valence-corrected chi connectivity index (χ4v) is 5.48. The van der Waals surface area contributed by atoms with Crippen molar-refractivity contribution >= 4 is 18.1 Å². The molecule has 0 aliphatic carbocycles. The van der Waals surface area contributed by atoms with Crippen molar-refractivity contribution in [1.82, 2.24) is 0 Å². The molecule has 0 fully saturated rings. The average Bonchev–Trinajstić information content (AvgIpc) is 2.59. The normalized spacial score (nSPS) is 11.6. The molecule has 6 heteroatoms. The van der Waals surface area contributed by atoms with Crippen LogP contribution in [0, 0.1) is 0 Å². The summed E-state index contributed by atoms with van der Waals surface area (Å²) < 4.78 is 39.0. The highest BCUT2D eigenvalue weighted by Crippen LogP contribution is 2.14. The molecular weight excluding hydrogens is 371 g/mol. The number of halogens is 4. The van der Waals surface area contributed by atoms with Crippen LogP contribution < -0.4 is 0 Å². The lowest BCUT2D eigenvalue weighted by Gasteiger charge is -2.09. The largest absolute Gasteiger partial charge is 0.673 e. The third-order valence-electron chi connectivity index (χ3n) is 4.61. The van der Waals surface area contributed by atoms with Gasteiger partial charge in [-0.15, -0.1) is 0 Å². The van der Waals surface area contributed by atoms with Crippen LogP contribution in [0.3, 0.4) is 0 Å². The number of hydrogen-bond acceptors (Lipinski definition) is 0. The van der Waals surface area contributed by atoms with E-state index < -0.39 is 7.25 Å². The van der Waals surface area contributed by atoms with Crippen molar-refractivity contribution in [3.63, 3.8) is 0 Å². The third kappa shape index (κ3) is 34.1. The van der Waals surface area contributed by atoms with Crippen LogP contribution in [0.1, 0.15) is 117 Å². The van der Waals surface area contributed by atoms with Gasteiger partial charge in [-0.1, -0.05) is 78.6 Å². The van der Waals surface area contributed by atoms with E-state index in [1.165, 1.54) is 96.3 Å².